The molecule has 2 unspecified atom stereocenters. The summed E-state index contributed by atoms with van der Waals surface area (Å²) in [6, 6.07) is 14.1. The predicted molar refractivity (Wildman–Crippen MR) is 126 cm³/mol. The van der Waals surface area contributed by atoms with Crippen LogP contribution in [-0.4, -0.2) is 47.6 Å². The Hall–Kier alpha value is -3.12. The van der Waals surface area contributed by atoms with Crippen molar-refractivity contribution < 1.29 is 24.2 Å². The molecular weight excluding hydrogens is 418 g/mol. The highest BCUT2D eigenvalue weighted by atomic mass is 16.5. The van der Waals surface area contributed by atoms with E-state index in [1.807, 2.05) is 31.2 Å². The first-order chi connectivity index (χ1) is 15.9. The number of nitrogens with zero attached hydrogens (tertiary/aromatic N) is 1. The summed E-state index contributed by atoms with van der Waals surface area (Å²) in [6.45, 7) is 7.64. The maximum absolute atomic E-state index is 13.2. The van der Waals surface area contributed by atoms with Crippen LogP contribution in [0.5, 0.6) is 5.75 Å². The molecule has 2 aliphatic rings. The lowest BCUT2D eigenvalue weighted by atomic mass is 9.93. The van der Waals surface area contributed by atoms with Gasteiger partial charge in [-0.25, -0.2) is 0 Å². The zero-order valence-electron chi connectivity index (χ0n) is 19.4. The molecule has 0 saturated carbocycles. The molecule has 1 amide bonds. The molecule has 33 heavy (non-hydrogen) atoms. The number of ketones is 1. The number of hydrogen-bond acceptors (Lipinski definition) is 5. The average Bonchev–Trinajstić information content (AvgIpc) is 3.42. The van der Waals surface area contributed by atoms with E-state index in [0.29, 0.717) is 37.0 Å². The monoisotopic (exact) mass is 449 g/mol. The van der Waals surface area contributed by atoms with Gasteiger partial charge < -0.3 is 19.5 Å². The number of carbonyl (C=O) groups is 2. The van der Waals surface area contributed by atoms with Crippen LogP contribution in [0.15, 0.2) is 54.1 Å². The second kappa shape index (κ2) is 9.79. The zero-order valence-corrected chi connectivity index (χ0v) is 19.4. The van der Waals surface area contributed by atoms with Gasteiger partial charge in [-0.3, -0.25) is 9.59 Å². The summed E-state index contributed by atoms with van der Waals surface area (Å²) in [5.41, 5.74) is 2.54. The molecule has 4 rings (SSSR count). The van der Waals surface area contributed by atoms with Crippen LogP contribution < -0.4 is 4.74 Å². The Bertz CT molecular complexity index is 1030. The molecule has 2 fully saturated rings. The Kier molecular flexibility index (Phi) is 6.84. The largest absolute Gasteiger partial charge is 0.507 e. The number of aliphatic hydroxyl groups is 1. The summed E-state index contributed by atoms with van der Waals surface area (Å²) >= 11 is 0. The minimum absolute atomic E-state index is 0.105. The van der Waals surface area contributed by atoms with Crippen molar-refractivity contribution >= 4 is 17.4 Å². The quantitative estimate of drug-likeness (QED) is 0.373. The summed E-state index contributed by atoms with van der Waals surface area (Å²) < 4.78 is 11.2. The molecule has 6 nitrogen and oxygen atoms in total. The van der Waals surface area contributed by atoms with Gasteiger partial charge in [-0.05, 0) is 61.1 Å². The fraction of sp³-hybridized carbons (Fsp3) is 0.407. The summed E-state index contributed by atoms with van der Waals surface area (Å²) in [7, 11) is 0. The molecule has 0 bridgehead atoms. The zero-order chi connectivity index (χ0) is 23.5. The van der Waals surface area contributed by atoms with Crippen molar-refractivity contribution in [2.24, 2.45) is 0 Å². The van der Waals surface area contributed by atoms with Gasteiger partial charge in [-0.15, -0.1) is 0 Å². The van der Waals surface area contributed by atoms with Crippen LogP contribution in [-0.2, 0) is 14.3 Å². The highest BCUT2D eigenvalue weighted by Gasteiger charge is 2.47. The molecule has 0 spiro atoms. The van der Waals surface area contributed by atoms with Gasteiger partial charge in [0.2, 0.25) is 0 Å². The number of carbonyl (C=O) groups excluding carboxylic acids is 2. The molecule has 2 aromatic carbocycles. The summed E-state index contributed by atoms with van der Waals surface area (Å²) in [5.74, 6) is -0.410. The second-order valence-electron chi connectivity index (χ2n) is 8.87. The van der Waals surface area contributed by atoms with Gasteiger partial charge in [0.05, 0.1) is 24.3 Å². The van der Waals surface area contributed by atoms with Crippen LogP contribution in [0, 0.1) is 0 Å². The Morgan fingerprint density at radius 2 is 1.82 bits per heavy atom. The number of hydrogen-bond donors (Lipinski definition) is 1. The number of amides is 1. The van der Waals surface area contributed by atoms with Crippen LogP contribution in [0.3, 0.4) is 0 Å². The fourth-order valence-electron chi connectivity index (χ4n) is 4.52. The van der Waals surface area contributed by atoms with Gasteiger partial charge in [0.25, 0.3) is 11.7 Å². The molecule has 0 aromatic heterocycles. The number of aliphatic hydroxyl groups excluding tert-OH is 1. The number of Topliss-reactive ketones (excluding diaryl/α,β-unsaturated/α-hetero) is 1. The first-order valence-electron chi connectivity index (χ1n) is 11.6. The Balaban J connectivity index is 1.77. The van der Waals surface area contributed by atoms with Crippen molar-refractivity contribution in [1.82, 2.24) is 4.90 Å². The smallest absolute Gasteiger partial charge is 0.295 e. The first kappa shape index (κ1) is 23.1. The van der Waals surface area contributed by atoms with Gasteiger partial charge >= 0.3 is 0 Å². The third-order valence-corrected chi connectivity index (χ3v) is 6.32. The topological polar surface area (TPSA) is 76.1 Å². The van der Waals surface area contributed by atoms with Crippen molar-refractivity contribution in [3.63, 3.8) is 0 Å². The second-order valence-corrected chi connectivity index (χ2v) is 8.87. The van der Waals surface area contributed by atoms with E-state index in [4.69, 9.17) is 9.47 Å². The normalized spacial score (nSPS) is 22.4. The highest BCUT2D eigenvalue weighted by molar-refractivity contribution is 6.46. The van der Waals surface area contributed by atoms with Crippen LogP contribution in [0.25, 0.3) is 5.76 Å². The van der Waals surface area contributed by atoms with Gasteiger partial charge in [-0.2, -0.15) is 0 Å². The van der Waals surface area contributed by atoms with E-state index in [1.165, 1.54) is 5.56 Å². The molecule has 174 valence electrons. The third kappa shape index (κ3) is 4.67. The van der Waals surface area contributed by atoms with E-state index in [1.54, 1.807) is 29.2 Å². The lowest BCUT2D eigenvalue weighted by Crippen LogP contribution is -2.36. The van der Waals surface area contributed by atoms with E-state index in [-0.39, 0.29) is 17.4 Å². The highest BCUT2D eigenvalue weighted by Crippen LogP contribution is 2.40. The van der Waals surface area contributed by atoms with E-state index in [0.717, 1.165) is 18.4 Å². The molecule has 0 radical (unpaired) electrons. The summed E-state index contributed by atoms with van der Waals surface area (Å²) in [4.78, 5) is 27.8. The molecular formula is C27H31NO5. The van der Waals surface area contributed by atoms with Crippen LogP contribution in [0.4, 0.5) is 0 Å². The minimum Gasteiger partial charge on any atom is -0.507 e. The van der Waals surface area contributed by atoms with Crippen molar-refractivity contribution in [2.75, 3.05) is 19.8 Å². The van der Waals surface area contributed by atoms with Gasteiger partial charge in [0.15, 0.2) is 0 Å². The van der Waals surface area contributed by atoms with E-state index in [2.05, 4.69) is 13.8 Å². The van der Waals surface area contributed by atoms with Crippen molar-refractivity contribution in [2.45, 2.75) is 51.7 Å². The summed E-state index contributed by atoms with van der Waals surface area (Å²) in [5, 5.41) is 11.2. The molecule has 2 saturated heterocycles. The van der Waals surface area contributed by atoms with Crippen LogP contribution in [0.2, 0.25) is 0 Å². The third-order valence-electron chi connectivity index (χ3n) is 6.32. The molecule has 1 N–H and O–H groups in total. The number of ether oxygens (including phenoxy) is 2. The molecule has 2 heterocycles. The molecule has 2 aliphatic heterocycles. The predicted octanol–water partition coefficient (Wildman–Crippen LogP) is 4.81. The van der Waals surface area contributed by atoms with Crippen molar-refractivity contribution in [1.29, 1.82) is 0 Å². The summed E-state index contributed by atoms with van der Waals surface area (Å²) in [6.07, 6.45) is 1.68. The van der Waals surface area contributed by atoms with Crippen LogP contribution in [0.1, 0.15) is 62.3 Å². The van der Waals surface area contributed by atoms with E-state index < -0.39 is 17.7 Å². The van der Waals surface area contributed by atoms with Gasteiger partial charge in [0.1, 0.15) is 11.5 Å². The first-order valence-corrected chi connectivity index (χ1v) is 11.6. The van der Waals surface area contributed by atoms with Gasteiger partial charge in [0, 0.05) is 18.7 Å². The Morgan fingerprint density at radius 3 is 2.39 bits per heavy atom. The maximum Gasteiger partial charge on any atom is 0.295 e. The number of likely N-dealkylation sites (tertiary alicyclic amines) is 1. The molecule has 6 heteroatoms. The van der Waals surface area contributed by atoms with Crippen LogP contribution >= 0.6 is 0 Å². The number of rotatable bonds is 7. The van der Waals surface area contributed by atoms with E-state index in [9.17, 15) is 14.7 Å². The standard InChI is InChI=1S/C27H31NO5/c1-4-32-21-13-11-20(12-14-21)25(29)23-24(19-9-7-18(8-10-19)17(2)3)28(27(31)26(23)30)16-22-6-5-15-33-22/h7-14,17,22,24,29H,4-6,15-16H2,1-3H3/b25-23-. The van der Waals surface area contributed by atoms with Crippen molar-refractivity contribution in [3.8, 4) is 5.75 Å². The minimum atomic E-state index is -0.669. The Morgan fingerprint density at radius 1 is 1.12 bits per heavy atom. The molecule has 2 aromatic rings. The lowest BCUT2D eigenvalue weighted by molar-refractivity contribution is -0.140. The fourth-order valence-corrected chi connectivity index (χ4v) is 4.52. The SMILES string of the molecule is CCOc1ccc(/C(O)=C2/C(=O)C(=O)N(CC3CCCO3)C2c2ccc(C(C)C)cc2)cc1. The maximum atomic E-state index is 13.2. The van der Waals surface area contributed by atoms with E-state index >= 15 is 0 Å². The number of benzene rings is 2. The molecule has 0 aliphatic carbocycles. The Labute approximate surface area is 194 Å². The average molecular weight is 450 g/mol. The van der Waals surface area contributed by atoms with Gasteiger partial charge in [-0.1, -0.05) is 38.1 Å². The molecule has 2 atom stereocenters. The lowest BCUT2D eigenvalue weighted by Gasteiger charge is -2.27. The van der Waals surface area contributed by atoms with Crippen molar-refractivity contribution in [3.05, 3.63) is 70.8 Å².